The van der Waals surface area contributed by atoms with Crippen LogP contribution < -0.4 is 10.5 Å². The van der Waals surface area contributed by atoms with Crippen molar-refractivity contribution >= 4 is 0 Å². The first-order valence-electron chi connectivity index (χ1n) is 7.06. The van der Waals surface area contributed by atoms with E-state index in [1.807, 2.05) is 6.07 Å². The van der Waals surface area contributed by atoms with Crippen molar-refractivity contribution in [1.82, 2.24) is 0 Å². The zero-order valence-electron chi connectivity index (χ0n) is 11.6. The average Bonchev–Trinajstić information content (AvgIpc) is 2.86. The molecule has 0 radical (unpaired) electrons. The number of nitrogens with two attached hydrogens (primary N) is 1. The summed E-state index contributed by atoms with van der Waals surface area (Å²) in [5.74, 6) is 0.253. The normalized spacial score (nSPS) is 18.1. The van der Waals surface area contributed by atoms with Gasteiger partial charge in [-0.2, -0.15) is 0 Å². The van der Waals surface area contributed by atoms with E-state index >= 15 is 0 Å². The summed E-state index contributed by atoms with van der Waals surface area (Å²) in [7, 11) is 0. The van der Waals surface area contributed by atoms with Crippen molar-refractivity contribution in [3.63, 3.8) is 0 Å². The van der Waals surface area contributed by atoms with Crippen LogP contribution in [0.2, 0.25) is 0 Å². The molecule has 0 fully saturated rings. The predicted octanol–water partition coefficient (Wildman–Crippen LogP) is 3.40. The molecule has 0 amide bonds. The lowest BCUT2D eigenvalue weighted by Crippen LogP contribution is -2.22. The second-order valence-corrected chi connectivity index (χ2v) is 5.42. The van der Waals surface area contributed by atoms with Gasteiger partial charge < -0.3 is 10.5 Å². The average molecular weight is 289 g/mol. The van der Waals surface area contributed by atoms with Gasteiger partial charge in [-0.25, -0.2) is 8.78 Å². The van der Waals surface area contributed by atoms with Gasteiger partial charge in [-0.05, 0) is 54.8 Å². The Hall–Kier alpha value is -1.94. The molecule has 2 aromatic rings. The van der Waals surface area contributed by atoms with E-state index in [4.69, 9.17) is 10.5 Å². The zero-order chi connectivity index (χ0) is 14.8. The van der Waals surface area contributed by atoms with Crippen LogP contribution in [0.4, 0.5) is 8.78 Å². The van der Waals surface area contributed by atoms with Crippen LogP contribution in [0.25, 0.3) is 0 Å². The molecular formula is C17H17F2NO. The van der Waals surface area contributed by atoms with E-state index in [1.165, 1.54) is 24.3 Å². The maximum Gasteiger partial charge on any atom is 0.123 e. The van der Waals surface area contributed by atoms with Crippen LogP contribution in [0.15, 0.2) is 42.5 Å². The molecule has 2 N–H and O–H groups in total. The third-order valence-corrected chi connectivity index (χ3v) is 3.92. The largest absolute Gasteiger partial charge is 0.490 e. The molecule has 0 bridgehead atoms. The van der Waals surface area contributed by atoms with Crippen molar-refractivity contribution in [3.05, 3.63) is 65.2 Å². The molecule has 2 unspecified atom stereocenters. The first-order chi connectivity index (χ1) is 10.2. The van der Waals surface area contributed by atoms with Crippen molar-refractivity contribution in [3.8, 4) is 5.75 Å². The van der Waals surface area contributed by atoms with Crippen LogP contribution in [-0.2, 0) is 6.42 Å². The Bertz CT molecular complexity index is 644. The number of hydrogen-bond donors (Lipinski definition) is 1. The van der Waals surface area contributed by atoms with Gasteiger partial charge >= 0.3 is 0 Å². The third-order valence-electron chi connectivity index (χ3n) is 3.92. The molecule has 2 aromatic carbocycles. The maximum absolute atomic E-state index is 13.3. The molecule has 0 spiro atoms. The Morgan fingerprint density at radius 1 is 1.14 bits per heavy atom. The summed E-state index contributed by atoms with van der Waals surface area (Å²) in [6.45, 7) is 0.425. The minimum atomic E-state index is -0.261. The van der Waals surface area contributed by atoms with Crippen molar-refractivity contribution in [1.29, 1.82) is 0 Å². The fourth-order valence-corrected chi connectivity index (χ4v) is 2.87. The van der Waals surface area contributed by atoms with Crippen molar-refractivity contribution < 1.29 is 13.5 Å². The Labute approximate surface area is 122 Å². The number of fused-ring (bicyclic) bond motifs is 1. The van der Waals surface area contributed by atoms with Gasteiger partial charge in [0.25, 0.3) is 0 Å². The van der Waals surface area contributed by atoms with E-state index in [0.717, 1.165) is 16.9 Å². The van der Waals surface area contributed by atoms with E-state index in [0.29, 0.717) is 19.4 Å². The molecule has 3 rings (SSSR count). The number of ether oxygens (including phenoxy) is 1. The van der Waals surface area contributed by atoms with Gasteiger partial charge in [0.15, 0.2) is 0 Å². The quantitative estimate of drug-likeness (QED) is 0.936. The molecule has 21 heavy (non-hydrogen) atoms. The number of benzene rings is 2. The fraction of sp³-hybridized carbons (Fsp3) is 0.294. The van der Waals surface area contributed by atoms with Gasteiger partial charge in [-0.3, -0.25) is 0 Å². The monoisotopic (exact) mass is 289 g/mol. The van der Waals surface area contributed by atoms with Gasteiger partial charge in [0.05, 0.1) is 0 Å². The van der Waals surface area contributed by atoms with E-state index in [-0.39, 0.29) is 23.7 Å². The Morgan fingerprint density at radius 3 is 2.71 bits per heavy atom. The van der Waals surface area contributed by atoms with E-state index in [9.17, 15) is 8.78 Å². The number of hydrogen-bond acceptors (Lipinski definition) is 2. The second-order valence-electron chi connectivity index (χ2n) is 5.42. The predicted molar refractivity (Wildman–Crippen MR) is 77.3 cm³/mol. The molecule has 1 aliphatic heterocycles. The number of halogens is 2. The topological polar surface area (TPSA) is 35.2 Å². The molecule has 0 aliphatic carbocycles. The zero-order valence-corrected chi connectivity index (χ0v) is 11.6. The third kappa shape index (κ3) is 3.05. The van der Waals surface area contributed by atoms with Crippen LogP contribution in [0.5, 0.6) is 5.75 Å². The van der Waals surface area contributed by atoms with Gasteiger partial charge in [-0.15, -0.1) is 0 Å². The first-order valence-corrected chi connectivity index (χ1v) is 7.06. The summed E-state index contributed by atoms with van der Waals surface area (Å²) in [6.07, 6.45) is 1.31. The molecule has 110 valence electrons. The van der Waals surface area contributed by atoms with Crippen LogP contribution in [-0.4, -0.2) is 12.6 Å². The smallest absolute Gasteiger partial charge is 0.123 e. The van der Waals surface area contributed by atoms with Gasteiger partial charge in [0.2, 0.25) is 0 Å². The Kier molecular flexibility index (Phi) is 3.88. The van der Waals surface area contributed by atoms with Crippen molar-refractivity contribution in [2.24, 2.45) is 5.73 Å². The molecule has 1 heterocycles. The summed E-state index contributed by atoms with van der Waals surface area (Å²) in [6, 6.07) is 11.1. The highest BCUT2D eigenvalue weighted by Crippen LogP contribution is 2.33. The molecule has 2 atom stereocenters. The number of rotatable bonds is 4. The highest BCUT2D eigenvalue weighted by molar-refractivity contribution is 5.38. The lowest BCUT2D eigenvalue weighted by molar-refractivity contribution is 0.210. The first kappa shape index (κ1) is 14.0. The van der Waals surface area contributed by atoms with E-state index in [1.54, 1.807) is 12.1 Å². The Morgan fingerprint density at radius 2 is 1.95 bits per heavy atom. The standard InChI is InChI=1S/C17H17F2NO/c18-14-3-1-2-11(6-14)13(10-20)9-16-8-12-7-15(19)4-5-17(12)21-16/h1-7,13,16H,8-10,20H2. The Balaban J connectivity index is 1.72. The van der Waals surface area contributed by atoms with E-state index in [2.05, 4.69) is 0 Å². The minimum Gasteiger partial charge on any atom is -0.490 e. The second kappa shape index (κ2) is 5.82. The fourth-order valence-electron chi connectivity index (χ4n) is 2.87. The molecule has 0 aromatic heterocycles. The van der Waals surface area contributed by atoms with Crippen LogP contribution in [0.3, 0.4) is 0 Å². The van der Waals surface area contributed by atoms with Crippen LogP contribution in [0.1, 0.15) is 23.5 Å². The summed E-state index contributed by atoms with van der Waals surface area (Å²) in [5, 5.41) is 0. The van der Waals surface area contributed by atoms with Gasteiger partial charge in [0.1, 0.15) is 23.5 Å². The van der Waals surface area contributed by atoms with Crippen LogP contribution in [0, 0.1) is 11.6 Å². The molecule has 0 saturated carbocycles. The highest BCUT2D eigenvalue weighted by atomic mass is 19.1. The van der Waals surface area contributed by atoms with Crippen LogP contribution >= 0.6 is 0 Å². The van der Waals surface area contributed by atoms with Crippen molar-refractivity contribution in [2.45, 2.75) is 24.9 Å². The highest BCUT2D eigenvalue weighted by Gasteiger charge is 2.26. The molecule has 1 aliphatic rings. The van der Waals surface area contributed by atoms with E-state index < -0.39 is 0 Å². The SMILES string of the molecule is NCC(CC1Cc2cc(F)ccc2O1)c1cccc(F)c1. The minimum absolute atomic E-state index is 0.0323. The summed E-state index contributed by atoms with van der Waals surface area (Å²) in [4.78, 5) is 0. The summed E-state index contributed by atoms with van der Waals surface area (Å²) in [5.41, 5.74) is 7.59. The lowest BCUT2D eigenvalue weighted by atomic mass is 9.91. The lowest BCUT2D eigenvalue weighted by Gasteiger charge is -2.19. The maximum atomic E-state index is 13.3. The summed E-state index contributed by atoms with van der Waals surface area (Å²) < 4.78 is 32.4. The van der Waals surface area contributed by atoms with Gasteiger partial charge in [-0.1, -0.05) is 12.1 Å². The molecular weight excluding hydrogens is 272 g/mol. The molecule has 0 saturated heterocycles. The summed E-state index contributed by atoms with van der Waals surface area (Å²) >= 11 is 0. The molecule has 4 heteroatoms. The molecule has 2 nitrogen and oxygen atoms in total. The van der Waals surface area contributed by atoms with Crippen molar-refractivity contribution in [2.75, 3.05) is 6.54 Å². The van der Waals surface area contributed by atoms with Gasteiger partial charge in [0, 0.05) is 12.0 Å².